The lowest BCUT2D eigenvalue weighted by molar-refractivity contribution is -0.138. The molecule has 0 saturated carbocycles. The Morgan fingerprint density at radius 3 is 2.68 bits per heavy atom. The second-order valence-electron chi connectivity index (χ2n) is 4.40. The van der Waals surface area contributed by atoms with Gasteiger partial charge in [0.15, 0.2) is 0 Å². The Morgan fingerprint density at radius 1 is 1.42 bits per heavy atom. The summed E-state index contributed by atoms with van der Waals surface area (Å²) in [5.41, 5.74) is -0.0457. The van der Waals surface area contributed by atoms with Crippen LogP contribution in [0.25, 0.3) is 10.1 Å². The molecule has 2 rings (SSSR count). The molecule has 2 nitrogen and oxygen atoms in total. The lowest BCUT2D eigenvalue weighted by atomic mass is 9.96. The lowest BCUT2D eigenvalue weighted by Crippen LogP contribution is -2.05. The maximum absolute atomic E-state index is 12.7. The predicted octanol–water partition coefficient (Wildman–Crippen LogP) is 4.50. The Balaban J connectivity index is 2.48. The summed E-state index contributed by atoms with van der Waals surface area (Å²) >= 11 is 1.33. The van der Waals surface area contributed by atoms with Gasteiger partial charge in [-0.15, -0.1) is 11.3 Å². The van der Waals surface area contributed by atoms with E-state index >= 15 is 0 Å². The maximum atomic E-state index is 12.7. The average molecular weight is 288 g/mol. The van der Waals surface area contributed by atoms with Crippen molar-refractivity contribution in [2.24, 2.45) is 0 Å². The minimum atomic E-state index is -4.39. The highest BCUT2D eigenvalue weighted by molar-refractivity contribution is 7.17. The van der Waals surface area contributed by atoms with Gasteiger partial charge >= 0.3 is 12.1 Å². The number of aliphatic carboxylic acids is 1. The third-order valence-corrected chi connectivity index (χ3v) is 3.92. The van der Waals surface area contributed by atoms with Crippen molar-refractivity contribution in [3.63, 3.8) is 0 Å². The molecule has 0 radical (unpaired) electrons. The molecule has 1 heterocycles. The topological polar surface area (TPSA) is 37.3 Å². The third kappa shape index (κ3) is 2.89. The molecule has 1 unspecified atom stereocenters. The van der Waals surface area contributed by atoms with Crippen molar-refractivity contribution >= 4 is 27.4 Å². The van der Waals surface area contributed by atoms with Gasteiger partial charge in [0.1, 0.15) is 0 Å². The SMILES string of the molecule is CC(CC(=O)O)c1csc2ccc(C(F)(F)F)cc12. The summed E-state index contributed by atoms with van der Waals surface area (Å²) in [6, 6.07) is 3.57. The van der Waals surface area contributed by atoms with E-state index in [-0.39, 0.29) is 12.3 Å². The van der Waals surface area contributed by atoms with Gasteiger partial charge in [-0.1, -0.05) is 6.92 Å². The van der Waals surface area contributed by atoms with E-state index in [1.807, 2.05) is 0 Å². The molecule has 0 amide bonds. The van der Waals surface area contributed by atoms with Gasteiger partial charge in [-0.2, -0.15) is 13.2 Å². The second kappa shape index (κ2) is 4.85. The van der Waals surface area contributed by atoms with Crippen molar-refractivity contribution in [2.45, 2.75) is 25.4 Å². The summed E-state index contributed by atoms with van der Waals surface area (Å²) in [6.07, 6.45) is -4.48. The summed E-state index contributed by atoms with van der Waals surface area (Å²) < 4.78 is 38.8. The molecule has 1 aromatic heterocycles. The highest BCUT2D eigenvalue weighted by atomic mass is 32.1. The van der Waals surface area contributed by atoms with Gasteiger partial charge in [-0.05, 0) is 40.4 Å². The summed E-state index contributed by atoms with van der Waals surface area (Å²) in [5.74, 6) is -1.27. The van der Waals surface area contributed by atoms with E-state index < -0.39 is 17.7 Å². The Bertz CT molecular complexity index is 616. The maximum Gasteiger partial charge on any atom is 0.416 e. The number of thiophene rings is 1. The zero-order valence-electron chi connectivity index (χ0n) is 9.99. The zero-order chi connectivity index (χ0) is 14.2. The van der Waals surface area contributed by atoms with Crippen LogP contribution in [-0.4, -0.2) is 11.1 Å². The van der Waals surface area contributed by atoms with E-state index in [0.29, 0.717) is 10.9 Å². The molecule has 0 bridgehead atoms. The predicted molar refractivity (Wildman–Crippen MR) is 67.5 cm³/mol. The largest absolute Gasteiger partial charge is 0.481 e. The number of rotatable bonds is 3. The van der Waals surface area contributed by atoms with Crippen molar-refractivity contribution in [1.82, 2.24) is 0 Å². The summed E-state index contributed by atoms with van der Waals surface area (Å²) in [6.45, 7) is 1.70. The number of hydrogen-bond acceptors (Lipinski definition) is 2. The second-order valence-corrected chi connectivity index (χ2v) is 5.31. The summed E-state index contributed by atoms with van der Waals surface area (Å²) in [7, 11) is 0. The van der Waals surface area contributed by atoms with Gasteiger partial charge in [0, 0.05) is 4.70 Å². The average Bonchev–Trinajstić information content (AvgIpc) is 2.69. The molecule has 6 heteroatoms. The van der Waals surface area contributed by atoms with Crippen LogP contribution in [-0.2, 0) is 11.0 Å². The Labute approximate surface area is 111 Å². The van der Waals surface area contributed by atoms with Crippen LogP contribution in [0.15, 0.2) is 23.6 Å². The first-order valence-corrected chi connectivity index (χ1v) is 6.47. The number of alkyl halides is 3. The third-order valence-electron chi connectivity index (χ3n) is 2.94. The van der Waals surface area contributed by atoms with Gasteiger partial charge in [0.05, 0.1) is 12.0 Å². The van der Waals surface area contributed by atoms with Gasteiger partial charge < -0.3 is 5.11 Å². The lowest BCUT2D eigenvalue weighted by Gasteiger charge is -2.10. The Kier molecular flexibility index (Phi) is 3.54. The van der Waals surface area contributed by atoms with Crippen molar-refractivity contribution < 1.29 is 23.1 Å². The van der Waals surface area contributed by atoms with Crippen molar-refractivity contribution in [3.05, 3.63) is 34.7 Å². The number of carboxylic acid groups (broad SMARTS) is 1. The van der Waals surface area contributed by atoms with Crippen molar-refractivity contribution in [2.75, 3.05) is 0 Å². The van der Waals surface area contributed by atoms with E-state index in [2.05, 4.69) is 0 Å². The molecule has 1 aromatic carbocycles. The van der Waals surface area contributed by atoms with Crippen LogP contribution < -0.4 is 0 Å². The summed E-state index contributed by atoms with van der Waals surface area (Å²) in [4.78, 5) is 10.7. The highest BCUT2D eigenvalue weighted by Crippen LogP contribution is 2.37. The van der Waals surface area contributed by atoms with Crippen LogP contribution in [0.5, 0.6) is 0 Å². The molecule has 0 aliphatic rings. The quantitative estimate of drug-likeness (QED) is 0.903. The molecule has 0 spiro atoms. The number of carbonyl (C=O) groups is 1. The molecule has 0 saturated heterocycles. The molecule has 1 N–H and O–H groups in total. The fraction of sp³-hybridized carbons (Fsp3) is 0.308. The monoisotopic (exact) mass is 288 g/mol. The normalized spacial score (nSPS) is 13.7. The van der Waals surface area contributed by atoms with Gasteiger partial charge in [0.2, 0.25) is 0 Å². The first-order valence-electron chi connectivity index (χ1n) is 5.59. The van der Waals surface area contributed by atoms with Gasteiger partial charge in [-0.3, -0.25) is 4.79 Å². The number of hydrogen-bond donors (Lipinski definition) is 1. The molecule has 0 aliphatic heterocycles. The number of fused-ring (bicyclic) bond motifs is 1. The highest BCUT2D eigenvalue weighted by Gasteiger charge is 2.31. The fourth-order valence-corrected chi connectivity index (χ4v) is 3.04. The molecule has 0 aliphatic carbocycles. The molecular weight excluding hydrogens is 277 g/mol. The first-order chi connectivity index (χ1) is 8.79. The fourth-order valence-electron chi connectivity index (χ4n) is 1.98. The van der Waals surface area contributed by atoms with E-state index in [9.17, 15) is 18.0 Å². The van der Waals surface area contributed by atoms with Gasteiger partial charge in [-0.25, -0.2) is 0 Å². The number of benzene rings is 1. The molecule has 1 atom stereocenters. The van der Waals surface area contributed by atoms with E-state index in [4.69, 9.17) is 5.11 Å². The van der Waals surface area contributed by atoms with Crippen molar-refractivity contribution in [3.8, 4) is 0 Å². The van der Waals surface area contributed by atoms with Crippen LogP contribution in [0.2, 0.25) is 0 Å². The van der Waals surface area contributed by atoms with Crippen LogP contribution in [0.3, 0.4) is 0 Å². The molecule has 102 valence electrons. The van der Waals surface area contributed by atoms with E-state index in [1.54, 1.807) is 12.3 Å². The van der Waals surface area contributed by atoms with Crippen LogP contribution in [0.4, 0.5) is 13.2 Å². The smallest absolute Gasteiger partial charge is 0.416 e. The minimum absolute atomic E-state index is 0.0952. The molecule has 19 heavy (non-hydrogen) atoms. The van der Waals surface area contributed by atoms with Crippen molar-refractivity contribution in [1.29, 1.82) is 0 Å². The standard InChI is InChI=1S/C13H11F3O2S/c1-7(4-12(17)18)10-6-19-11-3-2-8(5-9(10)11)13(14,15)16/h2-3,5-7H,4H2,1H3,(H,17,18). The Morgan fingerprint density at radius 2 is 2.11 bits per heavy atom. The number of halogens is 3. The van der Waals surface area contributed by atoms with Crippen LogP contribution in [0.1, 0.15) is 30.4 Å². The van der Waals surface area contributed by atoms with Crippen LogP contribution in [0, 0.1) is 0 Å². The zero-order valence-corrected chi connectivity index (χ0v) is 10.8. The minimum Gasteiger partial charge on any atom is -0.481 e. The Hall–Kier alpha value is -1.56. The summed E-state index contributed by atoms with van der Waals surface area (Å²) in [5, 5.41) is 11.0. The van der Waals surface area contributed by atoms with Crippen LogP contribution >= 0.6 is 11.3 Å². The molecule has 2 aromatic rings. The molecule has 0 fully saturated rings. The van der Waals surface area contributed by atoms with E-state index in [1.165, 1.54) is 17.4 Å². The molecular formula is C13H11F3O2S. The first kappa shape index (κ1) is 13.9. The number of carboxylic acids is 1. The van der Waals surface area contributed by atoms with Gasteiger partial charge in [0.25, 0.3) is 0 Å². The van der Waals surface area contributed by atoms with E-state index in [0.717, 1.165) is 16.8 Å².